The highest BCUT2D eigenvalue weighted by Crippen LogP contribution is 2.38. The van der Waals surface area contributed by atoms with Crippen molar-refractivity contribution in [2.75, 3.05) is 31.6 Å². The molecule has 3 atom stereocenters. The van der Waals surface area contributed by atoms with Gasteiger partial charge in [-0.1, -0.05) is 25.2 Å². The predicted octanol–water partition coefficient (Wildman–Crippen LogP) is 2.99. The van der Waals surface area contributed by atoms with Crippen LogP contribution >= 0.6 is 11.3 Å². The Morgan fingerprint density at radius 1 is 1.43 bits per heavy atom. The highest BCUT2D eigenvalue weighted by molar-refractivity contribution is 7.15. The fourth-order valence-corrected chi connectivity index (χ4v) is 4.75. The van der Waals surface area contributed by atoms with Crippen molar-refractivity contribution in [3.05, 3.63) is 10.6 Å². The van der Waals surface area contributed by atoms with Crippen molar-refractivity contribution in [3.63, 3.8) is 0 Å². The molecule has 0 radical (unpaired) electrons. The Morgan fingerprint density at radius 3 is 3.05 bits per heavy atom. The molecule has 1 aliphatic heterocycles. The molecule has 1 aromatic rings. The van der Waals surface area contributed by atoms with Gasteiger partial charge in [-0.2, -0.15) is 0 Å². The Bertz CT molecular complexity index is 476. The summed E-state index contributed by atoms with van der Waals surface area (Å²) in [6, 6.07) is 0.520. The minimum Gasteiger partial charge on any atom is -0.379 e. The van der Waals surface area contributed by atoms with Gasteiger partial charge in [-0.05, 0) is 38.1 Å². The molecule has 4 nitrogen and oxygen atoms in total. The van der Waals surface area contributed by atoms with Crippen LogP contribution in [0.15, 0.2) is 0 Å². The monoisotopic (exact) mass is 309 g/mol. The third kappa shape index (κ3) is 3.10. The largest absolute Gasteiger partial charge is 0.379 e. The molecule has 118 valence electrons. The van der Waals surface area contributed by atoms with Crippen LogP contribution in [0.4, 0.5) is 5.13 Å². The standard InChI is InChI=1S/C16H27N3OS/c1-4-17-12-6-5-7-13-15(12)21-16(18-13)19-9-8-11(2)14(10-19)20-3/h11-12,14,17H,4-10H2,1-3H3. The molecule has 1 aromatic heterocycles. The van der Waals surface area contributed by atoms with Gasteiger partial charge in [-0.25, -0.2) is 4.98 Å². The molecule has 1 aliphatic carbocycles. The highest BCUT2D eigenvalue weighted by atomic mass is 32.1. The van der Waals surface area contributed by atoms with Crippen LogP contribution in [0.2, 0.25) is 0 Å². The van der Waals surface area contributed by atoms with Crippen LogP contribution < -0.4 is 10.2 Å². The molecule has 21 heavy (non-hydrogen) atoms. The van der Waals surface area contributed by atoms with Crippen LogP contribution in [-0.2, 0) is 11.2 Å². The first-order chi connectivity index (χ1) is 10.2. The van der Waals surface area contributed by atoms with E-state index in [4.69, 9.17) is 9.72 Å². The zero-order valence-electron chi connectivity index (χ0n) is 13.4. The number of aromatic nitrogens is 1. The molecule has 0 saturated carbocycles. The number of fused-ring (bicyclic) bond motifs is 1. The van der Waals surface area contributed by atoms with Gasteiger partial charge in [0.15, 0.2) is 5.13 Å². The number of methoxy groups -OCH3 is 1. The second-order valence-electron chi connectivity index (χ2n) is 6.30. The van der Waals surface area contributed by atoms with Crippen molar-refractivity contribution in [3.8, 4) is 0 Å². The lowest BCUT2D eigenvalue weighted by Gasteiger charge is -2.36. The number of ether oxygens (including phenoxy) is 1. The summed E-state index contributed by atoms with van der Waals surface area (Å²) in [5.41, 5.74) is 1.33. The van der Waals surface area contributed by atoms with Gasteiger partial charge >= 0.3 is 0 Å². The topological polar surface area (TPSA) is 37.4 Å². The highest BCUT2D eigenvalue weighted by Gasteiger charge is 2.30. The Morgan fingerprint density at radius 2 is 2.29 bits per heavy atom. The van der Waals surface area contributed by atoms with Crippen LogP contribution in [-0.4, -0.2) is 37.8 Å². The van der Waals surface area contributed by atoms with E-state index in [9.17, 15) is 0 Å². The molecular formula is C16H27N3OS. The third-order valence-electron chi connectivity index (χ3n) is 4.85. The van der Waals surface area contributed by atoms with Gasteiger partial charge in [0.25, 0.3) is 0 Å². The Kier molecular flexibility index (Phi) is 4.82. The smallest absolute Gasteiger partial charge is 0.185 e. The average Bonchev–Trinajstić information content (AvgIpc) is 2.93. The molecule has 0 bridgehead atoms. The van der Waals surface area contributed by atoms with Crippen molar-refractivity contribution in [2.45, 2.75) is 51.7 Å². The molecule has 5 heteroatoms. The summed E-state index contributed by atoms with van der Waals surface area (Å²) < 4.78 is 5.64. The Hall–Kier alpha value is -0.650. The van der Waals surface area contributed by atoms with Gasteiger partial charge in [0.05, 0.1) is 11.8 Å². The van der Waals surface area contributed by atoms with E-state index in [0.29, 0.717) is 18.1 Å². The fourth-order valence-electron chi connectivity index (χ4n) is 3.50. The summed E-state index contributed by atoms with van der Waals surface area (Å²) >= 11 is 1.90. The van der Waals surface area contributed by atoms with Crippen molar-refractivity contribution >= 4 is 16.5 Å². The normalized spacial score (nSPS) is 29.5. The van der Waals surface area contributed by atoms with E-state index < -0.39 is 0 Å². The number of thiazole rings is 1. The molecule has 3 unspecified atom stereocenters. The zero-order valence-corrected chi connectivity index (χ0v) is 14.2. The summed E-state index contributed by atoms with van der Waals surface area (Å²) in [5.74, 6) is 0.648. The van der Waals surface area contributed by atoms with Crippen molar-refractivity contribution in [1.29, 1.82) is 0 Å². The first-order valence-electron chi connectivity index (χ1n) is 8.23. The summed E-state index contributed by atoms with van der Waals surface area (Å²) in [4.78, 5) is 8.86. The van der Waals surface area contributed by atoms with Crippen LogP contribution in [0, 0.1) is 5.92 Å². The first kappa shape index (κ1) is 15.3. The first-order valence-corrected chi connectivity index (χ1v) is 9.05. The minimum atomic E-state index is 0.337. The lowest BCUT2D eigenvalue weighted by Crippen LogP contribution is -2.43. The van der Waals surface area contributed by atoms with Gasteiger partial charge < -0.3 is 15.0 Å². The molecule has 0 aromatic carbocycles. The van der Waals surface area contributed by atoms with Gasteiger partial charge in [0, 0.05) is 31.1 Å². The lowest BCUT2D eigenvalue weighted by atomic mass is 9.96. The average molecular weight is 309 g/mol. The van der Waals surface area contributed by atoms with Gasteiger partial charge in [0.1, 0.15) is 0 Å². The minimum absolute atomic E-state index is 0.337. The third-order valence-corrected chi connectivity index (χ3v) is 6.12. The Labute approximate surface area is 131 Å². The van der Waals surface area contributed by atoms with E-state index in [1.54, 1.807) is 0 Å². The van der Waals surface area contributed by atoms with Gasteiger partial charge in [0.2, 0.25) is 0 Å². The van der Waals surface area contributed by atoms with Crippen LogP contribution in [0.1, 0.15) is 49.7 Å². The maximum Gasteiger partial charge on any atom is 0.185 e. The molecule has 3 rings (SSSR count). The number of rotatable bonds is 4. The number of aryl methyl sites for hydroxylation is 1. The van der Waals surface area contributed by atoms with Crippen molar-refractivity contribution < 1.29 is 4.74 Å². The number of anilines is 1. The van der Waals surface area contributed by atoms with Crippen molar-refractivity contribution in [2.24, 2.45) is 5.92 Å². The second-order valence-corrected chi connectivity index (χ2v) is 7.31. The molecule has 1 saturated heterocycles. The van der Waals surface area contributed by atoms with Gasteiger partial charge in [-0.3, -0.25) is 0 Å². The number of hydrogen-bond acceptors (Lipinski definition) is 5. The lowest BCUT2D eigenvalue weighted by molar-refractivity contribution is 0.0498. The predicted molar refractivity (Wildman–Crippen MR) is 88.3 cm³/mol. The Balaban J connectivity index is 1.78. The van der Waals surface area contributed by atoms with Crippen LogP contribution in [0.25, 0.3) is 0 Å². The molecule has 0 spiro atoms. The van der Waals surface area contributed by atoms with E-state index in [0.717, 1.165) is 26.1 Å². The molecule has 0 amide bonds. The van der Waals surface area contributed by atoms with E-state index in [2.05, 4.69) is 24.1 Å². The van der Waals surface area contributed by atoms with E-state index in [1.807, 2.05) is 18.4 Å². The SMILES string of the molecule is CCNC1CCCc2nc(N3CCC(C)C(OC)C3)sc21. The van der Waals surface area contributed by atoms with E-state index >= 15 is 0 Å². The molecular weight excluding hydrogens is 282 g/mol. The van der Waals surface area contributed by atoms with Crippen LogP contribution in [0.3, 0.4) is 0 Å². The number of nitrogens with one attached hydrogen (secondary N) is 1. The molecule has 2 heterocycles. The fraction of sp³-hybridized carbons (Fsp3) is 0.812. The maximum atomic E-state index is 5.64. The number of nitrogens with zero attached hydrogens (tertiary/aromatic N) is 2. The molecule has 1 fully saturated rings. The zero-order chi connectivity index (χ0) is 14.8. The number of piperidine rings is 1. The van der Waals surface area contributed by atoms with E-state index in [-0.39, 0.29) is 0 Å². The van der Waals surface area contributed by atoms with E-state index in [1.165, 1.54) is 35.0 Å². The molecule has 1 N–H and O–H groups in total. The van der Waals surface area contributed by atoms with Crippen LogP contribution in [0.5, 0.6) is 0 Å². The summed E-state index contributed by atoms with van der Waals surface area (Å²) in [6.45, 7) is 7.60. The van der Waals surface area contributed by atoms with Gasteiger partial charge in [-0.15, -0.1) is 0 Å². The molecule has 2 aliphatic rings. The summed E-state index contributed by atoms with van der Waals surface area (Å²) in [6.07, 6.45) is 5.18. The van der Waals surface area contributed by atoms with Crippen molar-refractivity contribution in [1.82, 2.24) is 10.3 Å². The quantitative estimate of drug-likeness (QED) is 0.928. The summed E-state index contributed by atoms with van der Waals surface area (Å²) in [5, 5.41) is 4.82. The number of hydrogen-bond donors (Lipinski definition) is 1. The second kappa shape index (κ2) is 6.63. The maximum absolute atomic E-state index is 5.64. The summed E-state index contributed by atoms with van der Waals surface area (Å²) in [7, 11) is 1.83.